The quantitative estimate of drug-likeness (QED) is 0.236. The summed E-state index contributed by atoms with van der Waals surface area (Å²) in [6.45, 7) is 0. The van der Waals surface area contributed by atoms with Crippen LogP contribution in [0.3, 0.4) is 0 Å². The van der Waals surface area contributed by atoms with E-state index in [1.54, 1.807) is 48.5 Å². The van der Waals surface area contributed by atoms with Crippen molar-refractivity contribution < 1.29 is 28.0 Å². The van der Waals surface area contributed by atoms with Crippen molar-refractivity contribution in [1.82, 2.24) is 0 Å². The van der Waals surface area contributed by atoms with E-state index in [4.69, 9.17) is 0 Å². The zero-order valence-electron chi connectivity index (χ0n) is 15.2. The number of carbonyl (C=O) groups is 1. The Kier molecular flexibility index (Phi) is 6.63. The van der Waals surface area contributed by atoms with E-state index in [0.717, 1.165) is 0 Å². The van der Waals surface area contributed by atoms with Crippen LogP contribution >= 0.6 is 0 Å². The molecule has 4 rings (SSSR count). The SMILES string of the molecule is O=C(O)c1cc2ccccc2c(N=Nc2ccc3ccccc3c2S(=O)(=O)O)c1O.[CaH2]. The summed E-state index contributed by atoms with van der Waals surface area (Å²) in [5, 5.41) is 29.5. The summed E-state index contributed by atoms with van der Waals surface area (Å²) in [4.78, 5) is 11.1. The van der Waals surface area contributed by atoms with Gasteiger partial charge in [0.2, 0.25) is 0 Å². The van der Waals surface area contributed by atoms with Gasteiger partial charge < -0.3 is 10.2 Å². The molecule has 0 aromatic heterocycles. The third-order valence-corrected chi connectivity index (χ3v) is 5.55. The molecule has 0 unspecified atom stereocenters. The standard InChI is InChI=1S/C21H14N2O6S.Ca.2H/c24-19-16(21(25)26)11-13-6-2-3-7-14(13)18(19)23-22-17-10-9-12-5-1-4-8-15(12)20(17)30(27,28)29;;;/h1-11,24H,(H,25,26)(H,27,28,29);;;. The fourth-order valence-corrected chi connectivity index (χ4v) is 4.10. The van der Waals surface area contributed by atoms with E-state index >= 15 is 0 Å². The number of carboxylic acids is 1. The van der Waals surface area contributed by atoms with Crippen LogP contribution in [0.15, 0.2) is 81.9 Å². The van der Waals surface area contributed by atoms with Crippen LogP contribution in [0, 0.1) is 0 Å². The Morgan fingerprint density at radius 3 is 2.10 bits per heavy atom. The Morgan fingerprint density at radius 1 is 0.839 bits per heavy atom. The zero-order chi connectivity index (χ0) is 21.5. The number of fused-ring (bicyclic) bond motifs is 2. The molecule has 0 bridgehead atoms. The molecule has 0 aliphatic carbocycles. The topological polar surface area (TPSA) is 137 Å². The third kappa shape index (κ3) is 4.41. The molecule has 0 saturated heterocycles. The number of rotatable bonds is 4. The van der Waals surface area contributed by atoms with Crippen molar-refractivity contribution in [3.8, 4) is 5.75 Å². The first-order valence-corrected chi connectivity index (χ1v) is 10.1. The molecule has 154 valence electrons. The Bertz CT molecular complexity index is 1470. The second-order valence-corrected chi connectivity index (χ2v) is 7.82. The van der Waals surface area contributed by atoms with E-state index in [0.29, 0.717) is 16.2 Å². The number of benzene rings is 4. The number of azo groups is 1. The Hall–Kier alpha value is -2.56. The van der Waals surface area contributed by atoms with Crippen LogP contribution in [0.4, 0.5) is 11.4 Å². The maximum atomic E-state index is 12.0. The van der Waals surface area contributed by atoms with E-state index in [9.17, 15) is 28.0 Å². The van der Waals surface area contributed by atoms with Gasteiger partial charge in [0, 0.05) is 10.8 Å². The molecule has 8 nitrogen and oxygen atoms in total. The summed E-state index contributed by atoms with van der Waals surface area (Å²) >= 11 is 0. The van der Waals surface area contributed by atoms with E-state index in [2.05, 4.69) is 10.2 Å². The molecule has 0 atom stereocenters. The van der Waals surface area contributed by atoms with Crippen LogP contribution in [0.5, 0.6) is 5.75 Å². The molecule has 10 heteroatoms. The predicted molar refractivity (Wildman–Crippen MR) is 119 cm³/mol. The van der Waals surface area contributed by atoms with Gasteiger partial charge in [-0.1, -0.05) is 54.6 Å². The molecule has 3 N–H and O–H groups in total. The van der Waals surface area contributed by atoms with Gasteiger partial charge in [0.1, 0.15) is 21.8 Å². The van der Waals surface area contributed by atoms with Crippen LogP contribution in [0.1, 0.15) is 10.4 Å². The van der Waals surface area contributed by atoms with Gasteiger partial charge in [-0.3, -0.25) is 4.55 Å². The number of hydrogen-bond acceptors (Lipinski definition) is 6. The van der Waals surface area contributed by atoms with Gasteiger partial charge in [-0.2, -0.15) is 8.42 Å². The van der Waals surface area contributed by atoms with Crippen LogP contribution in [0.25, 0.3) is 21.5 Å². The van der Waals surface area contributed by atoms with Crippen molar-refractivity contribution in [1.29, 1.82) is 0 Å². The van der Waals surface area contributed by atoms with Gasteiger partial charge in [-0.15, -0.1) is 10.2 Å². The molecule has 31 heavy (non-hydrogen) atoms. The molecule has 0 heterocycles. The first-order chi connectivity index (χ1) is 14.3. The molecule has 0 spiro atoms. The summed E-state index contributed by atoms with van der Waals surface area (Å²) < 4.78 is 33.8. The van der Waals surface area contributed by atoms with Crippen LogP contribution in [0.2, 0.25) is 0 Å². The average molecular weight is 465 g/mol. The third-order valence-electron chi connectivity index (χ3n) is 4.60. The van der Waals surface area contributed by atoms with Gasteiger partial charge in [0.15, 0.2) is 5.75 Å². The monoisotopic (exact) mass is 464 g/mol. The van der Waals surface area contributed by atoms with Crippen LogP contribution in [-0.2, 0) is 10.1 Å². The Balaban J connectivity index is 0.00000272. The first-order valence-electron chi connectivity index (χ1n) is 8.66. The fraction of sp³-hybridized carbons (Fsp3) is 0. The van der Waals surface area contributed by atoms with Crippen molar-refractivity contribution in [2.24, 2.45) is 10.2 Å². The van der Waals surface area contributed by atoms with Crippen LogP contribution in [-0.4, -0.2) is 66.9 Å². The van der Waals surface area contributed by atoms with Crippen molar-refractivity contribution in [2.75, 3.05) is 0 Å². The molecular weight excluding hydrogens is 448 g/mol. The Morgan fingerprint density at radius 2 is 1.45 bits per heavy atom. The average Bonchev–Trinajstić information content (AvgIpc) is 2.71. The molecule has 4 aromatic carbocycles. The molecule has 0 fully saturated rings. The van der Waals surface area contributed by atoms with Crippen molar-refractivity contribution in [2.45, 2.75) is 4.90 Å². The summed E-state index contributed by atoms with van der Waals surface area (Å²) in [7, 11) is -4.65. The molecule has 0 amide bonds. The molecule has 4 aromatic rings. The van der Waals surface area contributed by atoms with E-state index < -0.39 is 26.7 Å². The molecule has 0 saturated carbocycles. The second kappa shape index (κ2) is 8.89. The predicted octanol–water partition coefficient (Wildman–Crippen LogP) is 4.14. The van der Waals surface area contributed by atoms with E-state index in [1.807, 2.05) is 0 Å². The molecule has 0 radical (unpaired) electrons. The normalized spacial score (nSPS) is 11.6. The fourth-order valence-electron chi connectivity index (χ4n) is 3.27. The number of aromatic hydroxyl groups is 1. The van der Waals surface area contributed by atoms with Crippen molar-refractivity contribution >= 4 is 86.7 Å². The van der Waals surface area contributed by atoms with Gasteiger partial charge in [0.25, 0.3) is 10.1 Å². The van der Waals surface area contributed by atoms with Gasteiger partial charge >= 0.3 is 43.7 Å². The number of phenols is 1. The van der Waals surface area contributed by atoms with Crippen molar-refractivity contribution in [3.63, 3.8) is 0 Å². The Labute approximate surface area is 206 Å². The first kappa shape index (κ1) is 23.1. The van der Waals surface area contributed by atoms with Gasteiger partial charge in [0.05, 0.1) is 0 Å². The van der Waals surface area contributed by atoms with E-state index in [1.165, 1.54) is 18.2 Å². The summed E-state index contributed by atoms with van der Waals surface area (Å²) in [5.74, 6) is -1.95. The molecule has 0 aliphatic rings. The second-order valence-electron chi connectivity index (χ2n) is 6.46. The van der Waals surface area contributed by atoms with Gasteiger partial charge in [-0.05, 0) is 22.9 Å². The number of nitrogens with zero attached hydrogens (tertiary/aromatic N) is 2. The number of aromatic carboxylic acids is 1. The van der Waals surface area contributed by atoms with Crippen molar-refractivity contribution in [3.05, 3.63) is 72.3 Å². The maximum absolute atomic E-state index is 12.0. The van der Waals surface area contributed by atoms with Crippen LogP contribution < -0.4 is 0 Å². The minimum atomic E-state index is -4.65. The molecular formula is C21H16CaN2O6S. The zero-order valence-corrected chi connectivity index (χ0v) is 16.0. The summed E-state index contributed by atoms with van der Waals surface area (Å²) in [5.41, 5.74) is -0.642. The van der Waals surface area contributed by atoms with Gasteiger partial charge in [-0.25, -0.2) is 4.79 Å². The number of hydrogen-bond donors (Lipinski definition) is 3. The number of carboxylic acid groups (broad SMARTS) is 1. The van der Waals surface area contributed by atoms with E-state index in [-0.39, 0.29) is 60.1 Å². The summed E-state index contributed by atoms with van der Waals surface area (Å²) in [6.07, 6.45) is 0. The minimum absolute atomic E-state index is 0. The molecule has 0 aliphatic heterocycles. The summed E-state index contributed by atoms with van der Waals surface area (Å²) in [6, 6.07) is 17.5.